The van der Waals surface area contributed by atoms with Crippen LogP contribution in [0.1, 0.15) is 25.7 Å². The second kappa shape index (κ2) is 12.2. The molecule has 8 heteroatoms. The molecule has 0 unspecified atom stereocenters. The number of methoxy groups -OCH3 is 1. The fraction of sp³-hybridized carbons (Fsp3) is 0.895. The van der Waals surface area contributed by atoms with Gasteiger partial charge in [0.05, 0.1) is 13.2 Å². The number of guanidine groups is 1. The van der Waals surface area contributed by atoms with Gasteiger partial charge in [-0.2, -0.15) is 0 Å². The first-order chi connectivity index (χ1) is 13.1. The molecule has 0 atom stereocenters. The number of likely N-dealkylation sites (tertiary alicyclic amines) is 2. The molecular formula is C19H38N6O2. The van der Waals surface area contributed by atoms with Gasteiger partial charge in [0.1, 0.15) is 0 Å². The number of piperidine rings is 2. The fourth-order valence-electron chi connectivity index (χ4n) is 3.78. The van der Waals surface area contributed by atoms with Crippen LogP contribution < -0.4 is 16.0 Å². The van der Waals surface area contributed by atoms with Crippen LogP contribution >= 0.6 is 0 Å². The molecule has 1 amide bonds. The molecule has 0 aliphatic carbocycles. The number of likely N-dealkylation sites (N-methyl/N-ethyl adjacent to an activating group) is 1. The van der Waals surface area contributed by atoms with Crippen LogP contribution in [-0.4, -0.2) is 101 Å². The summed E-state index contributed by atoms with van der Waals surface area (Å²) in [4.78, 5) is 20.6. The SMILES string of the molecule is CN=C(NCC1CCN(CCOC)CC1)NC1CCN(CC(=O)NC)CC1. The van der Waals surface area contributed by atoms with Gasteiger partial charge in [-0.05, 0) is 44.7 Å². The first-order valence-corrected chi connectivity index (χ1v) is 10.3. The maximum absolute atomic E-state index is 11.5. The third-order valence-corrected chi connectivity index (χ3v) is 5.68. The first-order valence-electron chi connectivity index (χ1n) is 10.3. The number of nitrogens with one attached hydrogen (secondary N) is 3. The second-order valence-corrected chi connectivity index (χ2v) is 7.60. The van der Waals surface area contributed by atoms with Gasteiger partial charge in [0, 0.05) is 53.4 Å². The Morgan fingerprint density at radius 2 is 1.78 bits per heavy atom. The second-order valence-electron chi connectivity index (χ2n) is 7.60. The van der Waals surface area contributed by atoms with Crippen molar-refractivity contribution < 1.29 is 9.53 Å². The third kappa shape index (κ3) is 8.02. The van der Waals surface area contributed by atoms with Gasteiger partial charge in [0.15, 0.2) is 5.96 Å². The molecule has 2 rings (SSSR count). The highest BCUT2D eigenvalue weighted by Crippen LogP contribution is 2.16. The fourth-order valence-corrected chi connectivity index (χ4v) is 3.78. The predicted molar refractivity (Wildman–Crippen MR) is 109 cm³/mol. The lowest BCUT2D eigenvalue weighted by atomic mass is 9.97. The zero-order chi connectivity index (χ0) is 19.5. The third-order valence-electron chi connectivity index (χ3n) is 5.68. The molecule has 8 nitrogen and oxygen atoms in total. The highest BCUT2D eigenvalue weighted by molar-refractivity contribution is 5.80. The Morgan fingerprint density at radius 3 is 2.37 bits per heavy atom. The van der Waals surface area contributed by atoms with E-state index < -0.39 is 0 Å². The average molecular weight is 383 g/mol. The van der Waals surface area contributed by atoms with Crippen molar-refractivity contribution in [2.75, 3.05) is 73.6 Å². The molecule has 3 N–H and O–H groups in total. The van der Waals surface area contributed by atoms with E-state index in [0.29, 0.717) is 18.5 Å². The van der Waals surface area contributed by atoms with E-state index in [0.717, 1.165) is 64.7 Å². The Morgan fingerprint density at radius 1 is 1.11 bits per heavy atom. The van der Waals surface area contributed by atoms with Gasteiger partial charge in [0.25, 0.3) is 0 Å². The summed E-state index contributed by atoms with van der Waals surface area (Å²) in [5.41, 5.74) is 0. The molecular weight excluding hydrogens is 344 g/mol. The van der Waals surface area contributed by atoms with E-state index in [9.17, 15) is 4.79 Å². The zero-order valence-corrected chi connectivity index (χ0v) is 17.3. The molecule has 2 aliphatic rings. The van der Waals surface area contributed by atoms with E-state index in [1.165, 1.54) is 12.8 Å². The van der Waals surface area contributed by atoms with E-state index in [1.54, 1.807) is 14.2 Å². The van der Waals surface area contributed by atoms with Crippen molar-refractivity contribution in [3.8, 4) is 0 Å². The first kappa shape index (κ1) is 21.9. The summed E-state index contributed by atoms with van der Waals surface area (Å²) < 4.78 is 5.17. The number of carbonyl (C=O) groups is 1. The number of carbonyl (C=O) groups excluding carboxylic acids is 1. The Bertz CT molecular complexity index is 457. The lowest BCUT2D eigenvalue weighted by Crippen LogP contribution is -2.51. The van der Waals surface area contributed by atoms with Gasteiger partial charge in [-0.25, -0.2) is 0 Å². The molecule has 0 bridgehead atoms. The van der Waals surface area contributed by atoms with Crippen LogP contribution in [0, 0.1) is 5.92 Å². The van der Waals surface area contributed by atoms with Gasteiger partial charge >= 0.3 is 0 Å². The lowest BCUT2D eigenvalue weighted by Gasteiger charge is -2.34. The monoisotopic (exact) mass is 382 g/mol. The van der Waals surface area contributed by atoms with Gasteiger partial charge in [-0.3, -0.25) is 14.7 Å². The number of hydrogen-bond donors (Lipinski definition) is 3. The Labute approximate surface area is 164 Å². The predicted octanol–water partition coefficient (Wildman–Crippen LogP) is -0.280. The summed E-state index contributed by atoms with van der Waals surface area (Å²) in [6, 6.07) is 0.424. The van der Waals surface area contributed by atoms with Crippen molar-refractivity contribution in [2.45, 2.75) is 31.7 Å². The van der Waals surface area contributed by atoms with Crippen molar-refractivity contribution in [3.63, 3.8) is 0 Å². The standard InChI is InChI=1S/C19H38N6O2/c1-20-18(26)15-25-10-6-17(7-11-25)23-19(21-2)22-14-16-4-8-24(9-5-16)12-13-27-3/h16-17H,4-15H2,1-3H3,(H,20,26)(H2,21,22,23). The summed E-state index contributed by atoms with van der Waals surface area (Å²) in [7, 11) is 5.29. The Hall–Kier alpha value is -1.38. The summed E-state index contributed by atoms with van der Waals surface area (Å²) in [6.07, 6.45) is 4.53. The molecule has 2 fully saturated rings. The smallest absolute Gasteiger partial charge is 0.233 e. The number of rotatable bonds is 8. The quantitative estimate of drug-likeness (QED) is 0.396. The highest BCUT2D eigenvalue weighted by Gasteiger charge is 2.22. The number of hydrogen-bond acceptors (Lipinski definition) is 5. The van der Waals surface area contributed by atoms with Crippen LogP contribution in [0.25, 0.3) is 0 Å². The number of amides is 1. The normalized spacial score (nSPS) is 21.2. The number of aliphatic imine (C=N–C) groups is 1. The molecule has 2 heterocycles. The molecule has 0 spiro atoms. The molecule has 0 aromatic carbocycles. The van der Waals surface area contributed by atoms with Crippen molar-refractivity contribution in [1.82, 2.24) is 25.8 Å². The van der Waals surface area contributed by atoms with Gasteiger partial charge in [0.2, 0.25) is 5.91 Å². The Balaban J connectivity index is 1.62. The van der Waals surface area contributed by atoms with E-state index in [4.69, 9.17) is 4.74 Å². The molecule has 0 aromatic rings. The van der Waals surface area contributed by atoms with Crippen molar-refractivity contribution in [1.29, 1.82) is 0 Å². The van der Waals surface area contributed by atoms with E-state index in [2.05, 4.69) is 30.7 Å². The molecule has 0 aromatic heterocycles. The van der Waals surface area contributed by atoms with Crippen molar-refractivity contribution in [2.24, 2.45) is 10.9 Å². The van der Waals surface area contributed by atoms with E-state index in [-0.39, 0.29) is 5.91 Å². The van der Waals surface area contributed by atoms with Crippen LogP contribution in [0.2, 0.25) is 0 Å². The summed E-state index contributed by atoms with van der Waals surface area (Å²) in [5.74, 6) is 1.70. The Kier molecular flexibility index (Phi) is 9.86. The van der Waals surface area contributed by atoms with Crippen LogP contribution in [0.15, 0.2) is 4.99 Å². The zero-order valence-electron chi connectivity index (χ0n) is 17.3. The van der Waals surface area contributed by atoms with E-state index >= 15 is 0 Å². The molecule has 2 saturated heterocycles. The van der Waals surface area contributed by atoms with E-state index in [1.807, 2.05) is 7.05 Å². The molecule has 27 heavy (non-hydrogen) atoms. The maximum Gasteiger partial charge on any atom is 0.233 e. The minimum absolute atomic E-state index is 0.0900. The van der Waals surface area contributed by atoms with Crippen LogP contribution in [-0.2, 0) is 9.53 Å². The van der Waals surface area contributed by atoms with Crippen LogP contribution in [0.3, 0.4) is 0 Å². The van der Waals surface area contributed by atoms with Gasteiger partial charge in [-0.15, -0.1) is 0 Å². The minimum atomic E-state index is 0.0900. The number of ether oxygens (including phenoxy) is 1. The average Bonchev–Trinajstić information content (AvgIpc) is 2.71. The largest absolute Gasteiger partial charge is 0.383 e. The minimum Gasteiger partial charge on any atom is -0.383 e. The van der Waals surface area contributed by atoms with Crippen LogP contribution in [0.4, 0.5) is 0 Å². The summed E-state index contributed by atoms with van der Waals surface area (Å²) >= 11 is 0. The van der Waals surface area contributed by atoms with Gasteiger partial charge in [-0.1, -0.05) is 0 Å². The highest BCUT2D eigenvalue weighted by atomic mass is 16.5. The molecule has 2 aliphatic heterocycles. The summed E-state index contributed by atoms with van der Waals surface area (Å²) in [5, 5.41) is 9.76. The van der Waals surface area contributed by atoms with Crippen molar-refractivity contribution >= 4 is 11.9 Å². The number of nitrogens with zero attached hydrogens (tertiary/aromatic N) is 3. The van der Waals surface area contributed by atoms with Gasteiger partial charge < -0.3 is 25.6 Å². The molecule has 0 radical (unpaired) electrons. The maximum atomic E-state index is 11.5. The lowest BCUT2D eigenvalue weighted by molar-refractivity contribution is -0.122. The van der Waals surface area contributed by atoms with Crippen LogP contribution in [0.5, 0.6) is 0 Å². The van der Waals surface area contributed by atoms with Crippen molar-refractivity contribution in [3.05, 3.63) is 0 Å². The topological polar surface area (TPSA) is 81.2 Å². The molecule has 0 saturated carbocycles. The summed E-state index contributed by atoms with van der Waals surface area (Å²) in [6.45, 7) is 7.55. The molecule has 156 valence electrons.